The van der Waals surface area contributed by atoms with Gasteiger partial charge in [0.1, 0.15) is 6.10 Å². The number of aliphatic hydroxyl groups excluding tert-OH is 3. The molecule has 0 bridgehead atoms. The average molecular weight is 901 g/mol. The van der Waals surface area contributed by atoms with Gasteiger partial charge in [-0.25, -0.2) is 0 Å². The van der Waals surface area contributed by atoms with E-state index in [4.69, 9.17) is 0 Å². The predicted molar refractivity (Wildman–Crippen MR) is 282 cm³/mol. The van der Waals surface area contributed by atoms with Crippen LogP contribution in [0, 0.1) is 0 Å². The number of allylic oxidation sites excluding steroid dienone is 6. The maximum atomic E-state index is 12.5. The molecule has 0 aliphatic rings. The van der Waals surface area contributed by atoms with Crippen molar-refractivity contribution in [2.75, 3.05) is 6.61 Å². The molecule has 5 nitrogen and oxygen atoms in total. The summed E-state index contributed by atoms with van der Waals surface area (Å²) >= 11 is 0. The second-order valence-electron chi connectivity index (χ2n) is 19.8. The van der Waals surface area contributed by atoms with E-state index in [9.17, 15) is 20.1 Å². The van der Waals surface area contributed by atoms with Gasteiger partial charge in [-0.2, -0.15) is 0 Å². The lowest BCUT2D eigenvalue weighted by atomic mass is 10.0. The first-order chi connectivity index (χ1) is 31.6. The molecule has 378 valence electrons. The molecule has 0 rings (SSSR count). The van der Waals surface area contributed by atoms with Crippen molar-refractivity contribution in [3.05, 3.63) is 36.5 Å². The average Bonchev–Trinajstić information content (AvgIpc) is 3.30. The molecule has 0 heterocycles. The number of nitrogens with one attached hydrogen (secondary N) is 1. The SMILES string of the molecule is CCCC/C=C/CC/C=C/CCCC(O)C(O)C(CO)NC(=O)CCCCCCCCCCCCCCCCCCC/C=C\CCCCCCCCCCCCCCCCCCCC. The van der Waals surface area contributed by atoms with E-state index in [0.29, 0.717) is 12.8 Å². The topological polar surface area (TPSA) is 89.8 Å². The highest BCUT2D eigenvalue weighted by Gasteiger charge is 2.26. The van der Waals surface area contributed by atoms with Crippen molar-refractivity contribution in [1.29, 1.82) is 0 Å². The molecule has 0 aliphatic carbocycles. The van der Waals surface area contributed by atoms with Crippen LogP contribution in [-0.2, 0) is 4.79 Å². The lowest BCUT2D eigenvalue weighted by Crippen LogP contribution is -2.50. The van der Waals surface area contributed by atoms with Crippen molar-refractivity contribution >= 4 is 5.91 Å². The molecule has 64 heavy (non-hydrogen) atoms. The Morgan fingerprint density at radius 2 is 0.656 bits per heavy atom. The Morgan fingerprint density at radius 1 is 0.375 bits per heavy atom. The lowest BCUT2D eigenvalue weighted by molar-refractivity contribution is -0.124. The third-order valence-electron chi connectivity index (χ3n) is 13.4. The Hall–Kier alpha value is -1.43. The van der Waals surface area contributed by atoms with Crippen molar-refractivity contribution in [2.24, 2.45) is 0 Å². The predicted octanol–water partition coefficient (Wildman–Crippen LogP) is 17.8. The van der Waals surface area contributed by atoms with E-state index in [1.807, 2.05) is 0 Å². The van der Waals surface area contributed by atoms with Crippen LogP contribution in [0.25, 0.3) is 0 Å². The zero-order chi connectivity index (χ0) is 46.5. The standard InChI is InChI=1S/C59H113NO4/c1-3-5-7-9-11-13-15-16-17-18-19-20-21-22-23-24-25-26-27-28-29-30-31-32-33-34-35-36-37-38-39-40-41-42-44-46-48-50-52-54-58(63)60-56(55-61)59(64)57(62)53-51-49-47-45-43-14-12-10-8-6-4-2/h10,12,28-29,45,47,56-57,59,61-62,64H,3-9,11,13-27,30-44,46,48-55H2,1-2H3,(H,60,63)/b12-10+,29-28-,47-45+. The highest BCUT2D eigenvalue weighted by molar-refractivity contribution is 5.76. The fourth-order valence-corrected chi connectivity index (χ4v) is 8.99. The summed E-state index contributed by atoms with van der Waals surface area (Å²) in [7, 11) is 0. The largest absolute Gasteiger partial charge is 0.394 e. The smallest absolute Gasteiger partial charge is 0.220 e. The number of carbonyl (C=O) groups is 1. The molecular formula is C59H113NO4. The maximum Gasteiger partial charge on any atom is 0.220 e. The van der Waals surface area contributed by atoms with Crippen LogP contribution >= 0.6 is 0 Å². The molecule has 0 spiro atoms. The minimum Gasteiger partial charge on any atom is -0.394 e. The molecule has 0 aromatic carbocycles. The third-order valence-corrected chi connectivity index (χ3v) is 13.4. The molecule has 0 aromatic rings. The first-order valence-corrected chi connectivity index (χ1v) is 28.8. The van der Waals surface area contributed by atoms with E-state index in [0.717, 1.165) is 51.4 Å². The maximum absolute atomic E-state index is 12.5. The summed E-state index contributed by atoms with van der Waals surface area (Å²) < 4.78 is 0. The van der Waals surface area contributed by atoms with Crippen LogP contribution < -0.4 is 5.32 Å². The van der Waals surface area contributed by atoms with Gasteiger partial charge in [-0.3, -0.25) is 4.79 Å². The van der Waals surface area contributed by atoms with Gasteiger partial charge in [-0.1, -0.05) is 269 Å². The number of carbonyl (C=O) groups excluding carboxylic acids is 1. The van der Waals surface area contributed by atoms with Gasteiger partial charge in [0.2, 0.25) is 5.91 Å². The highest BCUT2D eigenvalue weighted by atomic mass is 16.3. The third kappa shape index (κ3) is 48.5. The Balaban J connectivity index is 3.42. The van der Waals surface area contributed by atoms with E-state index in [1.165, 1.54) is 231 Å². The quantitative estimate of drug-likeness (QED) is 0.0362. The van der Waals surface area contributed by atoms with Gasteiger partial charge in [0.05, 0.1) is 18.8 Å². The van der Waals surface area contributed by atoms with Gasteiger partial charge in [-0.15, -0.1) is 0 Å². The van der Waals surface area contributed by atoms with Gasteiger partial charge < -0.3 is 20.6 Å². The summed E-state index contributed by atoms with van der Waals surface area (Å²) in [5.41, 5.74) is 0. The van der Waals surface area contributed by atoms with E-state index < -0.39 is 18.2 Å². The molecule has 0 aromatic heterocycles. The number of unbranched alkanes of at least 4 members (excludes halogenated alkanes) is 39. The van der Waals surface area contributed by atoms with Crippen molar-refractivity contribution in [3.63, 3.8) is 0 Å². The molecule has 1 amide bonds. The molecule has 3 atom stereocenters. The molecule has 4 N–H and O–H groups in total. The van der Waals surface area contributed by atoms with Crippen LogP contribution in [0.4, 0.5) is 0 Å². The minimum atomic E-state index is -1.16. The minimum absolute atomic E-state index is 0.156. The highest BCUT2D eigenvalue weighted by Crippen LogP contribution is 2.17. The summed E-state index contributed by atoms with van der Waals surface area (Å²) in [4.78, 5) is 12.5. The van der Waals surface area contributed by atoms with Crippen LogP contribution in [-0.4, -0.2) is 46.1 Å². The molecule has 0 aliphatic heterocycles. The van der Waals surface area contributed by atoms with Crippen molar-refractivity contribution in [3.8, 4) is 0 Å². The Morgan fingerprint density at radius 3 is 1.00 bits per heavy atom. The van der Waals surface area contributed by atoms with E-state index in [2.05, 4.69) is 55.6 Å². The number of hydrogen-bond acceptors (Lipinski definition) is 4. The lowest BCUT2D eigenvalue weighted by Gasteiger charge is -2.26. The fraction of sp³-hybridized carbons (Fsp3) is 0.881. The van der Waals surface area contributed by atoms with Crippen molar-refractivity contribution < 1.29 is 20.1 Å². The van der Waals surface area contributed by atoms with E-state index in [-0.39, 0.29) is 12.5 Å². The molecule has 0 saturated heterocycles. The first-order valence-electron chi connectivity index (χ1n) is 28.8. The molecule has 3 unspecified atom stereocenters. The molecule has 5 heteroatoms. The van der Waals surface area contributed by atoms with Crippen LogP contribution in [0.15, 0.2) is 36.5 Å². The van der Waals surface area contributed by atoms with Crippen molar-refractivity contribution in [1.82, 2.24) is 5.32 Å². The summed E-state index contributed by atoms with van der Waals surface area (Å²) in [5.74, 6) is -0.156. The zero-order valence-corrected chi connectivity index (χ0v) is 43.2. The van der Waals surface area contributed by atoms with Gasteiger partial charge in [0, 0.05) is 6.42 Å². The summed E-state index contributed by atoms with van der Waals surface area (Å²) in [6.07, 6.45) is 70.6. The van der Waals surface area contributed by atoms with Crippen LogP contribution in [0.1, 0.15) is 309 Å². The summed E-state index contributed by atoms with van der Waals surface area (Å²) in [6, 6.07) is -0.830. The fourth-order valence-electron chi connectivity index (χ4n) is 8.99. The van der Waals surface area contributed by atoms with Gasteiger partial charge in [0.15, 0.2) is 0 Å². The molecule has 0 fully saturated rings. The summed E-state index contributed by atoms with van der Waals surface area (Å²) in [6.45, 7) is 4.13. The molecule has 0 radical (unpaired) electrons. The van der Waals surface area contributed by atoms with Crippen LogP contribution in [0.3, 0.4) is 0 Å². The zero-order valence-electron chi connectivity index (χ0n) is 43.2. The number of rotatable bonds is 53. The summed E-state index contributed by atoms with van der Waals surface area (Å²) in [5, 5.41) is 33.5. The Labute approximate surface area is 400 Å². The number of amides is 1. The number of hydrogen-bond donors (Lipinski definition) is 4. The molecule has 0 saturated carbocycles. The first kappa shape index (κ1) is 62.6. The van der Waals surface area contributed by atoms with Gasteiger partial charge in [-0.05, 0) is 70.6 Å². The Kier molecular flexibility index (Phi) is 53.0. The van der Waals surface area contributed by atoms with E-state index >= 15 is 0 Å². The second kappa shape index (κ2) is 54.2. The monoisotopic (exact) mass is 900 g/mol. The Bertz CT molecular complexity index is 993. The number of aliphatic hydroxyl groups is 3. The van der Waals surface area contributed by atoms with Crippen LogP contribution in [0.2, 0.25) is 0 Å². The van der Waals surface area contributed by atoms with Crippen LogP contribution in [0.5, 0.6) is 0 Å². The normalized spacial score (nSPS) is 13.5. The second-order valence-corrected chi connectivity index (χ2v) is 19.8. The van der Waals surface area contributed by atoms with Gasteiger partial charge >= 0.3 is 0 Å². The molecular weight excluding hydrogens is 787 g/mol. The van der Waals surface area contributed by atoms with E-state index in [1.54, 1.807) is 0 Å². The van der Waals surface area contributed by atoms with Crippen molar-refractivity contribution in [2.45, 2.75) is 327 Å². The van der Waals surface area contributed by atoms with Gasteiger partial charge in [0.25, 0.3) is 0 Å².